The van der Waals surface area contributed by atoms with Crippen LogP contribution in [0, 0.1) is 0 Å². The largest absolute Gasteiger partial charge is 0.493 e. The summed E-state index contributed by atoms with van der Waals surface area (Å²) in [5, 5.41) is 2.79. The minimum atomic E-state index is -4.12. The maximum atomic E-state index is 13.3. The molecule has 0 radical (unpaired) electrons. The van der Waals surface area contributed by atoms with Gasteiger partial charge in [0.25, 0.3) is 0 Å². The molecule has 1 aliphatic heterocycles. The molecule has 1 heterocycles. The number of rotatable bonds is 12. The number of nitrogens with zero attached hydrogens (tertiary/aromatic N) is 1. The smallest absolute Gasteiger partial charge is 0.243 e. The molecule has 0 aromatic heterocycles. The minimum Gasteiger partial charge on any atom is -0.493 e. The first-order chi connectivity index (χ1) is 19.6. The molecule has 4 rings (SSSR count). The van der Waals surface area contributed by atoms with Crippen molar-refractivity contribution in [1.82, 2.24) is 14.3 Å². The summed E-state index contributed by atoms with van der Waals surface area (Å²) < 4.78 is 66.9. The van der Waals surface area contributed by atoms with Crippen molar-refractivity contribution in [2.45, 2.75) is 48.1 Å². The molecular weight excluding hydrogens is 566 g/mol. The standard InChI is InChI=1S/C29H35N3O7S2/c1-38-27-16-15-25(20-28(27)39-2)40(34,35)31-26(19-22-9-5-3-6-10-22)29(33)30-21-23-11-13-24(14-12-23)41(36,37)32-17-7-4-8-18-32/h3,5-6,9-16,20,26,31H,4,7-8,17-19,21H2,1-2H3,(H,30,33). The second kappa shape index (κ2) is 13.5. The van der Waals surface area contributed by atoms with Gasteiger partial charge in [-0.25, -0.2) is 16.8 Å². The van der Waals surface area contributed by atoms with Crippen LogP contribution in [-0.2, 0) is 37.8 Å². The molecule has 0 bridgehead atoms. The number of hydrogen-bond acceptors (Lipinski definition) is 7. The maximum absolute atomic E-state index is 13.3. The van der Waals surface area contributed by atoms with Gasteiger partial charge in [0.1, 0.15) is 6.04 Å². The van der Waals surface area contributed by atoms with Gasteiger partial charge in [0, 0.05) is 25.7 Å². The van der Waals surface area contributed by atoms with Gasteiger partial charge in [-0.05, 0) is 54.7 Å². The van der Waals surface area contributed by atoms with Crippen molar-refractivity contribution >= 4 is 26.0 Å². The zero-order valence-corrected chi connectivity index (χ0v) is 24.7. The Labute approximate surface area is 241 Å². The summed E-state index contributed by atoms with van der Waals surface area (Å²) in [7, 11) is -4.82. The SMILES string of the molecule is COc1ccc(S(=O)(=O)NC(Cc2ccccc2)C(=O)NCc2ccc(S(=O)(=O)N3CCCCC3)cc2)cc1OC. The van der Waals surface area contributed by atoms with Crippen LogP contribution in [0.5, 0.6) is 11.5 Å². The van der Waals surface area contributed by atoms with Gasteiger partial charge in [0.2, 0.25) is 26.0 Å². The average molecular weight is 602 g/mol. The third kappa shape index (κ3) is 7.64. The van der Waals surface area contributed by atoms with Crippen LogP contribution in [0.1, 0.15) is 30.4 Å². The van der Waals surface area contributed by atoms with E-state index in [9.17, 15) is 21.6 Å². The molecule has 1 saturated heterocycles. The van der Waals surface area contributed by atoms with Crippen LogP contribution in [0.4, 0.5) is 0 Å². The van der Waals surface area contributed by atoms with E-state index in [1.165, 1.54) is 48.9 Å². The van der Waals surface area contributed by atoms with Gasteiger partial charge in [0.15, 0.2) is 11.5 Å². The number of carbonyl (C=O) groups is 1. The molecule has 1 fully saturated rings. The number of ether oxygens (including phenoxy) is 2. The Morgan fingerprint density at radius 1 is 0.805 bits per heavy atom. The van der Waals surface area contributed by atoms with Gasteiger partial charge < -0.3 is 14.8 Å². The molecule has 1 aliphatic rings. The Bertz CT molecular complexity index is 1540. The second-order valence-electron chi connectivity index (χ2n) is 9.71. The van der Waals surface area contributed by atoms with Crippen LogP contribution in [0.25, 0.3) is 0 Å². The monoisotopic (exact) mass is 601 g/mol. The average Bonchev–Trinajstić information content (AvgIpc) is 3.00. The molecule has 1 atom stereocenters. The first-order valence-corrected chi connectivity index (χ1v) is 16.2. The quantitative estimate of drug-likeness (QED) is 0.326. The molecule has 12 heteroatoms. The van der Waals surface area contributed by atoms with Gasteiger partial charge >= 0.3 is 0 Å². The Morgan fingerprint density at radius 2 is 1.44 bits per heavy atom. The van der Waals surface area contributed by atoms with Crippen molar-refractivity contribution in [1.29, 1.82) is 0 Å². The summed E-state index contributed by atoms with van der Waals surface area (Å²) in [4.78, 5) is 13.4. The van der Waals surface area contributed by atoms with Gasteiger partial charge in [-0.3, -0.25) is 4.79 Å². The van der Waals surface area contributed by atoms with Gasteiger partial charge in [0.05, 0.1) is 24.0 Å². The normalized spacial score (nSPS) is 15.2. The van der Waals surface area contributed by atoms with E-state index in [-0.39, 0.29) is 28.5 Å². The number of methoxy groups -OCH3 is 2. The maximum Gasteiger partial charge on any atom is 0.243 e. The van der Waals surface area contributed by atoms with E-state index in [1.807, 2.05) is 30.3 Å². The zero-order chi connectivity index (χ0) is 29.5. The minimum absolute atomic E-state index is 0.0773. The first kappa shape index (κ1) is 30.5. The van der Waals surface area contributed by atoms with Crippen molar-refractivity contribution in [2.75, 3.05) is 27.3 Å². The van der Waals surface area contributed by atoms with Crippen LogP contribution >= 0.6 is 0 Å². The number of carbonyl (C=O) groups excluding carboxylic acids is 1. The number of piperidine rings is 1. The Hall–Kier alpha value is -3.45. The third-order valence-electron chi connectivity index (χ3n) is 6.90. The molecule has 1 unspecified atom stereocenters. The van der Waals surface area contributed by atoms with Crippen molar-refractivity contribution in [3.05, 3.63) is 83.9 Å². The van der Waals surface area contributed by atoms with Crippen LogP contribution in [0.15, 0.2) is 82.6 Å². The number of benzene rings is 3. The molecule has 0 saturated carbocycles. The van der Waals surface area contributed by atoms with E-state index in [4.69, 9.17) is 9.47 Å². The number of nitrogens with one attached hydrogen (secondary N) is 2. The van der Waals surface area contributed by atoms with Gasteiger partial charge in [-0.1, -0.05) is 48.9 Å². The molecular formula is C29H35N3O7S2. The summed E-state index contributed by atoms with van der Waals surface area (Å²) in [5.74, 6) is 0.0906. The Kier molecular flexibility index (Phi) is 10.0. The highest BCUT2D eigenvalue weighted by molar-refractivity contribution is 7.89. The van der Waals surface area contributed by atoms with E-state index in [1.54, 1.807) is 12.1 Å². The van der Waals surface area contributed by atoms with Crippen molar-refractivity contribution in [3.63, 3.8) is 0 Å². The molecule has 10 nitrogen and oxygen atoms in total. The molecule has 2 N–H and O–H groups in total. The molecule has 3 aromatic rings. The molecule has 220 valence electrons. The number of sulfonamides is 2. The Morgan fingerprint density at radius 3 is 2.07 bits per heavy atom. The van der Waals surface area contributed by atoms with Crippen LogP contribution in [-0.4, -0.2) is 60.4 Å². The van der Waals surface area contributed by atoms with E-state index in [0.717, 1.165) is 24.8 Å². The predicted molar refractivity (Wildman–Crippen MR) is 155 cm³/mol. The third-order valence-corrected chi connectivity index (χ3v) is 10.3. The second-order valence-corrected chi connectivity index (χ2v) is 13.4. The van der Waals surface area contributed by atoms with Crippen molar-refractivity contribution in [2.24, 2.45) is 0 Å². The fraction of sp³-hybridized carbons (Fsp3) is 0.345. The highest BCUT2D eigenvalue weighted by Crippen LogP contribution is 2.29. The molecule has 0 aliphatic carbocycles. The first-order valence-electron chi connectivity index (χ1n) is 13.3. The number of hydrogen-bond donors (Lipinski definition) is 2. The summed E-state index contributed by atoms with van der Waals surface area (Å²) >= 11 is 0. The number of amides is 1. The van der Waals surface area contributed by atoms with Crippen LogP contribution in [0.2, 0.25) is 0 Å². The van der Waals surface area contributed by atoms with Crippen molar-refractivity contribution in [3.8, 4) is 11.5 Å². The molecule has 1 amide bonds. The fourth-order valence-electron chi connectivity index (χ4n) is 4.62. The lowest BCUT2D eigenvalue weighted by molar-refractivity contribution is -0.122. The fourth-order valence-corrected chi connectivity index (χ4v) is 7.35. The summed E-state index contributed by atoms with van der Waals surface area (Å²) in [6.07, 6.45) is 2.85. The summed E-state index contributed by atoms with van der Waals surface area (Å²) in [5.41, 5.74) is 1.45. The lowest BCUT2D eigenvalue weighted by Crippen LogP contribution is -2.47. The lowest BCUT2D eigenvalue weighted by atomic mass is 10.1. The zero-order valence-electron chi connectivity index (χ0n) is 23.1. The van der Waals surface area contributed by atoms with E-state index in [0.29, 0.717) is 24.4 Å². The van der Waals surface area contributed by atoms with Crippen LogP contribution < -0.4 is 19.5 Å². The van der Waals surface area contributed by atoms with Crippen LogP contribution in [0.3, 0.4) is 0 Å². The molecule has 0 spiro atoms. The van der Waals surface area contributed by atoms with Gasteiger partial charge in [-0.2, -0.15) is 9.03 Å². The lowest BCUT2D eigenvalue weighted by Gasteiger charge is -2.25. The summed E-state index contributed by atoms with van der Waals surface area (Å²) in [6.45, 7) is 1.12. The van der Waals surface area contributed by atoms with Gasteiger partial charge in [-0.15, -0.1) is 0 Å². The summed E-state index contributed by atoms with van der Waals surface area (Å²) in [6, 6.07) is 18.5. The van der Waals surface area contributed by atoms with E-state index >= 15 is 0 Å². The molecule has 41 heavy (non-hydrogen) atoms. The van der Waals surface area contributed by atoms with Crippen molar-refractivity contribution < 1.29 is 31.1 Å². The van der Waals surface area contributed by atoms with E-state index in [2.05, 4.69) is 10.0 Å². The predicted octanol–water partition coefficient (Wildman–Crippen LogP) is 3.08. The highest BCUT2D eigenvalue weighted by Gasteiger charge is 2.28. The van der Waals surface area contributed by atoms with E-state index < -0.39 is 32.0 Å². The topological polar surface area (TPSA) is 131 Å². The molecule has 3 aromatic carbocycles. The highest BCUT2D eigenvalue weighted by atomic mass is 32.2. The Balaban J connectivity index is 1.48.